The van der Waals surface area contributed by atoms with E-state index in [1.54, 1.807) is 11.9 Å². The summed E-state index contributed by atoms with van der Waals surface area (Å²) >= 11 is 3.49. The van der Waals surface area contributed by atoms with Crippen LogP contribution in [0.5, 0.6) is 0 Å². The predicted octanol–water partition coefficient (Wildman–Crippen LogP) is 3.92. The van der Waals surface area contributed by atoms with Gasteiger partial charge in [-0.3, -0.25) is 9.52 Å². The van der Waals surface area contributed by atoms with Gasteiger partial charge in [-0.2, -0.15) is 11.8 Å². The van der Waals surface area contributed by atoms with Crippen LogP contribution in [-0.2, 0) is 9.53 Å². The number of nitrogen functional groups attached to an aromatic ring is 1. The van der Waals surface area contributed by atoms with Gasteiger partial charge in [0.15, 0.2) is 0 Å². The number of hydrogen-bond donors (Lipinski definition) is 5. The van der Waals surface area contributed by atoms with Crippen LogP contribution in [0.3, 0.4) is 0 Å². The summed E-state index contributed by atoms with van der Waals surface area (Å²) in [6.45, 7) is 11.6. The number of ether oxygens (including phenoxy) is 1. The maximum atomic E-state index is 11.7. The normalized spacial score (nSPS) is 19.3. The molecule has 0 bridgehead atoms. The molecule has 3 rings (SSSR count). The van der Waals surface area contributed by atoms with Gasteiger partial charge in [-0.25, -0.2) is 4.79 Å². The molecule has 0 saturated carbocycles. The fraction of sp³-hybridized carbons (Fsp3) is 0.680. The van der Waals surface area contributed by atoms with Crippen molar-refractivity contribution in [3.63, 3.8) is 0 Å². The minimum absolute atomic E-state index is 0.00491. The van der Waals surface area contributed by atoms with Crippen molar-refractivity contribution in [2.75, 3.05) is 30.4 Å². The summed E-state index contributed by atoms with van der Waals surface area (Å²) in [5.74, 6) is 2.25. The molecule has 2 aliphatic heterocycles. The van der Waals surface area contributed by atoms with Crippen LogP contribution >= 0.6 is 23.7 Å². The van der Waals surface area contributed by atoms with Crippen molar-refractivity contribution < 1.29 is 14.3 Å². The van der Waals surface area contributed by atoms with Gasteiger partial charge in [0.1, 0.15) is 0 Å². The van der Waals surface area contributed by atoms with Crippen molar-refractivity contribution >= 4 is 41.3 Å². The second-order valence-electron chi connectivity index (χ2n) is 10.3. The van der Waals surface area contributed by atoms with E-state index >= 15 is 0 Å². The number of nitrogens with two attached hydrogens (primary N) is 1. The second kappa shape index (κ2) is 14.2. The van der Waals surface area contributed by atoms with Crippen molar-refractivity contribution in [2.24, 2.45) is 0 Å². The Hall–Kier alpha value is -1.62. The Kier molecular flexibility index (Phi) is 12.0. The van der Waals surface area contributed by atoms with Crippen molar-refractivity contribution in [3.05, 3.63) is 24.3 Å². The number of anilines is 1. The standard InChI is InChI=1S/C20H35N3O2S.C5H8N2OS/c1-6-7-8-18(24)22-15-20(4,5)25-14-13-19(2,3)23-26-17-11-9-16(21)10-12-17;8-5-6-3-1-9-2-4(3)7-5/h9-12,23H,6-8,13-15,21H2,1-5H3,(H,22,24);3-4H,1-2H2,(H2,6,7,8). The van der Waals surface area contributed by atoms with E-state index in [0.717, 1.165) is 41.4 Å². The third kappa shape index (κ3) is 11.8. The van der Waals surface area contributed by atoms with Crippen molar-refractivity contribution in [2.45, 2.75) is 88.4 Å². The summed E-state index contributed by atoms with van der Waals surface area (Å²) in [5.41, 5.74) is 6.03. The van der Waals surface area contributed by atoms with Crippen LogP contribution in [0.4, 0.5) is 10.5 Å². The predicted molar refractivity (Wildman–Crippen MR) is 148 cm³/mol. The topological polar surface area (TPSA) is 118 Å². The highest BCUT2D eigenvalue weighted by molar-refractivity contribution is 7.99. The number of carbonyl (C=O) groups is 2. The van der Waals surface area contributed by atoms with Gasteiger partial charge >= 0.3 is 6.03 Å². The SMILES string of the molecule is CCCCC(=O)NCC(C)(C)OCCC(C)(C)NSc1ccc(N)cc1.O=C1NC2CSCC2N1. The molecule has 10 heteroatoms. The zero-order valence-electron chi connectivity index (χ0n) is 21.7. The Morgan fingerprint density at radius 2 is 1.80 bits per heavy atom. The van der Waals surface area contributed by atoms with Crippen molar-refractivity contribution in [3.8, 4) is 0 Å². The van der Waals surface area contributed by atoms with E-state index in [1.165, 1.54) is 0 Å². The first-order chi connectivity index (χ1) is 16.5. The summed E-state index contributed by atoms with van der Waals surface area (Å²) < 4.78 is 9.49. The fourth-order valence-electron chi connectivity index (χ4n) is 3.37. The smallest absolute Gasteiger partial charge is 0.315 e. The molecular formula is C25H43N5O3S2. The van der Waals surface area contributed by atoms with E-state index in [0.29, 0.717) is 31.7 Å². The first kappa shape index (κ1) is 29.6. The van der Waals surface area contributed by atoms with Crippen LogP contribution in [-0.4, -0.2) is 59.8 Å². The van der Waals surface area contributed by atoms with Crippen LogP contribution in [0.2, 0.25) is 0 Å². The van der Waals surface area contributed by atoms with Gasteiger partial charge in [0.2, 0.25) is 5.91 Å². The van der Waals surface area contributed by atoms with Crippen LogP contribution < -0.4 is 26.4 Å². The summed E-state index contributed by atoms with van der Waals surface area (Å²) in [5, 5.41) is 8.65. The summed E-state index contributed by atoms with van der Waals surface area (Å²) in [6, 6.07) is 8.62. The number of unbranched alkanes of at least 4 members (excludes halogenated alkanes) is 1. The third-order valence-electron chi connectivity index (χ3n) is 5.73. The molecule has 0 aliphatic carbocycles. The zero-order valence-corrected chi connectivity index (χ0v) is 23.4. The van der Waals surface area contributed by atoms with Crippen molar-refractivity contribution in [1.29, 1.82) is 0 Å². The lowest BCUT2D eigenvalue weighted by molar-refractivity contribution is -0.123. The molecule has 2 aliphatic rings. The first-order valence-electron chi connectivity index (χ1n) is 12.3. The van der Waals surface area contributed by atoms with Crippen LogP contribution in [0.25, 0.3) is 0 Å². The highest BCUT2D eigenvalue weighted by atomic mass is 32.2. The minimum atomic E-state index is -0.373. The molecule has 3 amide bonds. The molecule has 8 nitrogen and oxygen atoms in total. The zero-order chi connectivity index (χ0) is 25.9. The van der Waals surface area contributed by atoms with E-state index in [9.17, 15) is 9.59 Å². The molecule has 1 aromatic carbocycles. The average Bonchev–Trinajstić information content (AvgIpc) is 3.37. The lowest BCUT2D eigenvalue weighted by Crippen LogP contribution is -2.42. The molecule has 2 heterocycles. The lowest BCUT2D eigenvalue weighted by atomic mass is 10.0. The van der Waals surface area contributed by atoms with Gasteiger partial charge in [0.25, 0.3) is 0 Å². The van der Waals surface area contributed by atoms with E-state index in [4.69, 9.17) is 10.5 Å². The molecule has 35 heavy (non-hydrogen) atoms. The highest BCUT2D eigenvalue weighted by Gasteiger charge is 2.35. The monoisotopic (exact) mass is 525 g/mol. The van der Waals surface area contributed by atoms with Gasteiger partial charge < -0.3 is 26.4 Å². The van der Waals surface area contributed by atoms with Gasteiger partial charge in [0, 0.05) is 47.2 Å². The molecule has 0 spiro atoms. The molecule has 0 radical (unpaired) electrons. The van der Waals surface area contributed by atoms with Crippen molar-refractivity contribution in [1.82, 2.24) is 20.7 Å². The second-order valence-corrected chi connectivity index (χ2v) is 12.2. The number of benzene rings is 1. The van der Waals surface area contributed by atoms with E-state index in [-0.39, 0.29) is 23.1 Å². The number of thioether (sulfide) groups is 1. The number of urea groups is 1. The van der Waals surface area contributed by atoms with Gasteiger partial charge in [-0.05, 0) is 76.7 Å². The Balaban J connectivity index is 0.000000393. The number of hydrogen-bond acceptors (Lipinski definition) is 7. The highest BCUT2D eigenvalue weighted by Crippen LogP contribution is 2.22. The molecule has 2 unspecified atom stereocenters. The van der Waals surface area contributed by atoms with Gasteiger partial charge in [0.05, 0.1) is 17.7 Å². The Labute approximate surface area is 219 Å². The summed E-state index contributed by atoms with van der Waals surface area (Å²) in [6.07, 6.45) is 3.41. The molecule has 6 N–H and O–H groups in total. The number of amides is 3. The third-order valence-corrected chi connectivity index (χ3v) is 8.08. The molecule has 1 aromatic rings. The molecule has 0 aromatic heterocycles. The van der Waals surface area contributed by atoms with Crippen LogP contribution in [0.15, 0.2) is 29.2 Å². The summed E-state index contributed by atoms with van der Waals surface area (Å²) in [7, 11) is 0. The Morgan fingerprint density at radius 1 is 1.17 bits per heavy atom. The van der Waals surface area contributed by atoms with Crippen LogP contribution in [0.1, 0.15) is 60.3 Å². The number of fused-ring (bicyclic) bond motifs is 1. The maximum Gasteiger partial charge on any atom is 0.315 e. The minimum Gasteiger partial charge on any atom is -0.399 e. The average molecular weight is 526 g/mol. The molecule has 2 fully saturated rings. The fourth-order valence-corrected chi connectivity index (χ4v) is 5.42. The molecule has 2 saturated heterocycles. The van der Waals surface area contributed by atoms with Gasteiger partial charge in [-0.1, -0.05) is 13.3 Å². The number of carbonyl (C=O) groups excluding carboxylic acids is 2. The lowest BCUT2D eigenvalue weighted by Gasteiger charge is -2.30. The first-order valence-corrected chi connectivity index (χ1v) is 14.3. The molecular weight excluding hydrogens is 482 g/mol. The maximum absolute atomic E-state index is 11.7. The van der Waals surface area contributed by atoms with E-state index in [2.05, 4.69) is 41.4 Å². The Bertz CT molecular complexity index is 791. The van der Waals surface area contributed by atoms with E-state index < -0.39 is 0 Å². The number of rotatable bonds is 12. The summed E-state index contributed by atoms with van der Waals surface area (Å²) in [4.78, 5) is 23.5. The van der Waals surface area contributed by atoms with Crippen LogP contribution in [0, 0.1) is 0 Å². The molecule has 198 valence electrons. The quantitative estimate of drug-likeness (QED) is 0.159. The molecule has 2 atom stereocenters. The van der Waals surface area contributed by atoms with E-state index in [1.807, 2.05) is 49.9 Å². The number of nitrogens with one attached hydrogen (secondary N) is 4. The van der Waals surface area contributed by atoms with Gasteiger partial charge in [-0.15, -0.1) is 0 Å². The Morgan fingerprint density at radius 3 is 2.40 bits per heavy atom. The largest absolute Gasteiger partial charge is 0.399 e.